The minimum absolute atomic E-state index is 0.0742. The third-order valence-electron chi connectivity index (χ3n) is 5.42. The van der Waals surface area contributed by atoms with Crippen molar-refractivity contribution < 1.29 is 9.21 Å². The molecule has 3 heterocycles. The monoisotopic (exact) mass is 356 g/mol. The van der Waals surface area contributed by atoms with Gasteiger partial charge in [0.1, 0.15) is 0 Å². The van der Waals surface area contributed by atoms with Crippen LogP contribution in [0.3, 0.4) is 0 Å². The molecule has 5 rings (SSSR count). The lowest BCUT2D eigenvalue weighted by Gasteiger charge is -2.35. The number of furan rings is 1. The summed E-state index contributed by atoms with van der Waals surface area (Å²) >= 11 is 0. The largest absolute Gasteiger partial charge is 0.459 e. The highest BCUT2D eigenvalue weighted by molar-refractivity contribution is 5.93. The van der Waals surface area contributed by atoms with E-state index in [4.69, 9.17) is 4.42 Å². The molecule has 0 aliphatic carbocycles. The highest BCUT2D eigenvalue weighted by Gasteiger charge is 2.35. The minimum atomic E-state index is -0.153. The Morgan fingerprint density at radius 1 is 1.07 bits per heavy atom. The molecule has 0 fully saturated rings. The number of H-pyrrole nitrogens is 1. The molecule has 1 aliphatic rings. The van der Waals surface area contributed by atoms with E-state index in [1.807, 2.05) is 11.0 Å². The Bertz CT molecular complexity index is 1110. The van der Waals surface area contributed by atoms with E-state index in [9.17, 15) is 4.79 Å². The Balaban J connectivity index is 1.68. The first-order valence-electron chi connectivity index (χ1n) is 9.23. The quantitative estimate of drug-likeness (QED) is 0.558. The molecule has 4 aromatic rings. The fourth-order valence-corrected chi connectivity index (χ4v) is 4.10. The number of hydrogen-bond acceptors (Lipinski definition) is 2. The lowest BCUT2D eigenvalue weighted by Crippen LogP contribution is -2.40. The van der Waals surface area contributed by atoms with Crippen molar-refractivity contribution in [1.82, 2.24) is 9.88 Å². The zero-order chi connectivity index (χ0) is 18.4. The van der Waals surface area contributed by atoms with E-state index in [1.54, 1.807) is 18.4 Å². The number of benzene rings is 2. The first-order valence-corrected chi connectivity index (χ1v) is 9.23. The third kappa shape index (κ3) is 2.56. The van der Waals surface area contributed by atoms with Gasteiger partial charge in [0.15, 0.2) is 5.76 Å². The highest BCUT2D eigenvalue weighted by atomic mass is 16.3. The fraction of sp³-hybridized carbons (Fsp3) is 0.174. The molecule has 134 valence electrons. The van der Waals surface area contributed by atoms with Crippen LogP contribution in [0.1, 0.15) is 39.0 Å². The zero-order valence-electron chi connectivity index (χ0n) is 15.1. The van der Waals surface area contributed by atoms with Gasteiger partial charge in [-0.2, -0.15) is 0 Å². The van der Waals surface area contributed by atoms with Gasteiger partial charge >= 0.3 is 0 Å². The number of para-hydroxylation sites is 1. The van der Waals surface area contributed by atoms with Crippen molar-refractivity contribution in [3.63, 3.8) is 0 Å². The summed E-state index contributed by atoms with van der Waals surface area (Å²) in [6, 6.07) is 20.1. The molecule has 0 unspecified atom stereocenters. The highest BCUT2D eigenvalue weighted by Crippen LogP contribution is 2.39. The molecule has 1 amide bonds. The number of aromatic amines is 1. The molecule has 2 aromatic heterocycles. The standard InChI is InChI=1S/C23H20N2O2/c1-15-8-10-16(11-9-15)22-21-18(17-5-2-3-6-19(17)24-21)12-13-25(22)23(26)20-7-4-14-27-20/h2-11,14,22,24H,12-13H2,1H3/t22-/m1/s1. The number of aryl methyl sites for hydroxylation is 1. The van der Waals surface area contributed by atoms with Crippen molar-refractivity contribution in [2.45, 2.75) is 19.4 Å². The second-order valence-electron chi connectivity index (χ2n) is 7.10. The zero-order valence-corrected chi connectivity index (χ0v) is 15.1. The molecule has 0 bridgehead atoms. The predicted molar refractivity (Wildman–Crippen MR) is 105 cm³/mol. The summed E-state index contributed by atoms with van der Waals surface area (Å²) < 4.78 is 5.40. The molecule has 1 N–H and O–H groups in total. The number of fused-ring (bicyclic) bond motifs is 3. The van der Waals surface area contributed by atoms with E-state index < -0.39 is 0 Å². The van der Waals surface area contributed by atoms with Gasteiger partial charge in [-0.15, -0.1) is 0 Å². The summed E-state index contributed by atoms with van der Waals surface area (Å²) in [4.78, 5) is 18.7. The van der Waals surface area contributed by atoms with Gasteiger partial charge in [-0.25, -0.2) is 0 Å². The molecule has 0 saturated carbocycles. The van der Waals surface area contributed by atoms with Crippen LogP contribution in [0.4, 0.5) is 0 Å². The van der Waals surface area contributed by atoms with Crippen LogP contribution in [0, 0.1) is 6.92 Å². The molecule has 0 radical (unpaired) electrons. The summed E-state index contributed by atoms with van der Waals surface area (Å²) in [5.74, 6) is 0.307. The number of carbonyl (C=O) groups excluding carboxylic acids is 1. The topological polar surface area (TPSA) is 49.2 Å². The number of carbonyl (C=O) groups is 1. The van der Waals surface area contributed by atoms with E-state index in [2.05, 4.69) is 54.4 Å². The molecule has 0 spiro atoms. The van der Waals surface area contributed by atoms with Gasteiger partial charge < -0.3 is 14.3 Å². The van der Waals surface area contributed by atoms with Crippen molar-refractivity contribution in [2.24, 2.45) is 0 Å². The molecular weight excluding hydrogens is 336 g/mol. The summed E-state index contributed by atoms with van der Waals surface area (Å²) in [5, 5.41) is 1.25. The van der Waals surface area contributed by atoms with Gasteiger partial charge in [-0.1, -0.05) is 48.0 Å². The Morgan fingerprint density at radius 2 is 1.89 bits per heavy atom. The maximum Gasteiger partial charge on any atom is 0.290 e. The summed E-state index contributed by atoms with van der Waals surface area (Å²) in [6.07, 6.45) is 2.38. The normalized spacial score (nSPS) is 16.5. The number of amides is 1. The Morgan fingerprint density at radius 3 is 2.67 bits per heavy atom. The lowest BCUT2D eigenvalue weighted by molar-refractivity contribution is 0.0659. The Labute approximate surface area is 157 Å². The Hall–Kier alpha value is -3.27. The number of nitrogens with one attached hydrogen (secondary N) is 1. The van der Waals surface area contributed by atoms with Crippen molar-refractivity contribution in [1.29, 1.82) is 0 Å². The van der Waals surface area contributed by atoms with E-state index in [1.165, 1.54) is 16.5 Å². The van der Waals surface area contributed by atoms with Crippen LogP contribution in [-0.4, -0.2) is 22.3 Å². The van der Waals surface area contributed by atoms with Crippen LogP contribution in [-0.2, 0) is 6.42 Å². The van der Waals surface area contributed by atoms with Gasteiger partial charge in [0.25, 0.3) is 5.91 Å². The van der Waals surface area contributed by atoms with Crippen LogP contribution in [0.5, 0.6) is 0 Å². The molecule has 27 heavy (non-hydrogen) atoms. The van der Waals surface area contributed by atoms with Crippen LogP contribution in [0.25, 0.3) is 10.9 Å². The average molecular weight is 356 g/mol. The molecule has 4 nitrogen and oxygen atoms in total. The van der Waals surface area contributed by atoms with Gasteiger partial charge in [-0.3, -0.25) is 4.79 Å². The maximum absolute atomic E-state index is 13.2. The molecule has 4 heteroatoms. The fourth-order valence-electron chi connectivity index (χ4n) is 4.10. The van der Waals surface area contributed by atoms with Crippen LogP contribution < -0.4 is 0 Å². The van der Waals surface area contributed by atoms with Gasteiger partial charge in [-0.05, 0) is 42.7 Å². The van der Waals surface area contributed by atoms with Crippen LogP contribution >= 0.6 is 0 Å². The molecule has 0 saturated heterocycles. The number of nitrogens with zero attached hydrogens (tertiary/aromatic N) is 1. The first kappa shape index (κ1) is 15.9. The van der Waals surface area contributed by atoms with Crippen LogP contribution in [0.15, 0.2) is 71.3 Å². The Kier molecular flexibility index (Phi) is 3.64. The summed E-state index contributed by atoms with van der Waals surface area (Å²) in [7, 11) is 0. The minimum Gasteiger partial charge on any atom is -0.459 e. The third-order valence-corrected chi connectivity index (χ3v) is 5.42. The number of aromatic nitrogens is 1. The molecular formula is C23H20N2O2. The molecule has 2 aromatic carbocycles. The average Bonchev–Trinajstić information content (AvgIpc) is 3.35. The molecule has 1 atom stereocenters. The van der Waals surface area contributed by atoms with Gasteiger partial charge in [0, 0.05) is 23.1 Å². The van der Waals surface area contributed by atoms with Crippen LogP contribution in [0.2, 0.25) is 0 Å². The van der Waals surface area contributed by atoms with E-state index >= 15 is 0 Å². The number of hydrogen-bond donors (Lipinski definition) is 1. The summed E-state index contributed by atoms with van der Waals surface area (Å²) in [6.45, 7) is 2.73. The van der Waals surface area contributed by atoms with E-state index in [0.29, 0.717) is 12.3 Å². The first-order chi connectivity index (χ1) is 13.2. The van der Waals surface area contributed by atoms with Crippen molar-refractivity contribution in [3.8, 4) is 0 Å². The summed E-state index contributed by atoms with van der Waals surface area (Å²) in [5.41, 5.74) is 5.83. The lowest BCUT2D eigenvalue weighted by atomic mass is 9.91. The van der Waals surface area contributed by atoms with Gasteiger partial charge in [0.2, 0.25) is 0 Å². The van der Waals surface area contributed by atoms with Crippen molar-refractivity contribution in [2.75, 3.05) is 6.54 Å². The predicted octanol–water partition coefficient (Wildman–Crippen LogP) is 4.86. The van der Waals surface area contributed by atoms with E-state index in [0.717, 1.165) is 23.2 Å². The van der Waals surface area contributed by atoms with Gasteiger partial charge in [0.05, 0.1) is 12.3 Å². The number of rotatable bonds is 2. The molecule has 1 aliphatic heterocycles. The second-order valence-corrected chi connectivity index (χ2v) is 7.10. The van der Waals surface area contributed by atoms with Crippen molar-refractivity contribution in [3.05, 3.63) is 95.1 Å². The smallest absolute Gasteiger partial charge is 0.290 e. The SMILES string of the molecule is Cc1ccc([C@@H]2c3[nH]c4ccccc4c3CCN2C(=O)c2ccco2)cc1. The van der Waals surface area contributed by atoms with Crippen molar-refractivity contribution >= 4 is 16.8 Å². The van der Waals surface area contributed by atoms with E-state index in [-0.39, 0.29) is 11.9 Å². The second kappa shape index (κ2) is 6.16. The maximum atomic E-state index is 13.2.